The number of urea groups is 1. The van der Waals surface area contributed by atoms with Crippen molar-refractivity contribution in [1.29, 1.82) is 0 Å². The van der Waals surface area contributed by atoms with E-state index in [9.17, 15) is 13.2 Å². The molecule has 1 atom stereocenters. The van der Waals surface area contributed by atoms with Gasteiger partial charge < -0.3 is 10.2 Å². The van der Waals surface area contributed by atoms with Crippen molar-refractivity contribution in [3.63, 3.8) is 0 Å². The highest BCUT2D eigenvalue weighted by molar-refractivity contribution is 7.88. The number of hydrogen-bond acceptors (Lipinski definition) is 3. The second kappa shape index (κ2) is 7.86. The van der Waals surface area contributed by atoms with E-state index in [-0.39, 0.29) is 18.1 Å². The topological polar surface area (TPSA) is 69.7 Å². The molecule has 3 rings (SSSR count). The highest BCUT2D eigenvalue weighted by atomic mass is 32.2. The van der Waals surface area contributed by atoms with E-state index in [1.54, 1.807) is 11.9 Å². The predicted octanol–water partition coefficient (Wildman–Crippen LogP) is 2.97. The predicted molar refractivity (Wildman–Crippen MR) is 108 cm³/mol. The number of carbonyl (C=O) groups is 1. The van der Waals surface area contributed by atoms with E-state index in [1.807, 2.05) is 31.2 Å². The van der Waals surface area contributed by atoms with E-state index in [4.69, 9.17) is 0 Å². The van der Waals surface area contributed by atoms with Gasteiger partial charge in [-0.3, -0.25) is 0 Å². The highest BCUT2D eigenvalue weighted by Gasteiger charge is 2.29. The third kappa shape index (κ3) is 4.42. The molecule has 2 amide bonds. The largest absolute Gasteiger partial charge is 0.331 e. The Balaban J connectivity index is 1.64. The van der Waals surface area contributed by atoms with Gasteiger partial charge in [-0.2, -0.15) is 0 Å². The molecule has 6 nitrogen and oxygen atoms in total. The third-order valence-corrected chi connectivity index (χ3v) is 6.69. The SMILES string of the molecule is CC(NC(=O)N(C)C1CCN(S(C)(=O)=O)CC1)c1cccc2ccccc12. The lowest BCUT2D eigenvalue weighted by molar-refractivity contribution is 0.161. The van der Waals surface area contributed by atoms with Crippen LogP contribution >= 0.6 is 0 Å². The molecule has 0 aliphatic carbocycles. The van der Waals surface area contributed by atoms with Crippen molar-refractivity contribution in [2.45, 2.75) is 31.8 Å². The van der Waals surface area contributed by atoms with Gasteiger partial charge in [0, 0.05) is 26.2 Å². The zero-order valence-corrected chi connectivity index (χ0v) is 16.9. The summed E-state index contributed by atoms with van der Waals surface area (Å²) in [4.78, 5) is 14.4. The maximum atomic E-state index is 12.7. The summed E-state index contributed by atoms with van der Waals surface area (Å²) < 4.78 is 24.8. The number of piperidine rings is 1. The number of hydrogen-bond donors (Lipinski definition) is 1. The van der Waals surface area contributed by atoms with Crippen LogP contribution in [0.4, 0.5) is 4.79 Å². The maximum Gasteiger partial charge on any atom is 0.317 e. The Kier molecular flexibility index (Phi) is 5.72. The Morgan fingerprint density at radius 3 is 2.44 bits per heavy atom. The standard InChI is InChI=1S/C20H27N3O3S/c1-15(18-10-6-8-16-7-4-5-9-19(16)18)21-20(24)22(2)17-11-13-23(14-12-17)27(3,25)26/h4-10,15,17H,11-14H2,1-3H3,(H,21,24). The van der Waals surface area contributed by atoms with E-state index < -0.39 is 10.0 Å². The number of nitrogens with zero attached hydrogens (tertiary/aromatic N) is 2. The van der Waals surface area contributed by atoms with E-state index in [1.165, 1.54) is 10.6 Å². The molecule has 2 aromatic carbocycles. The second-order valence-electron chi connectivity index (χ2n) is 7.24. The number of rotatable bonds is 4. The third-order valence-electron chi connectivity index (χ3n) is 5.39. The van der Waals surface area contributed by atoms with Crippen molar-refractivity contribution >= 4 is 26.8 Å². The van der Waals surface area contributed by atoms with Gasteiger partial charge in [0.15, 0.2) is 0 Å². The van der Waals surface area contributed by atoms with Gasteiger partial charge >= 0.3 is 6.03 Å². The van der Waals surface area contributed by atoms with Crippen LogP contribution in [0.5, 0.6) is 0 Å². The lowest BCUT2D eigenvalue weighted by Crippen LogP contribution is -2.50. The molecule has 7 heteroatoms. The quantitative estimate of drug-likeness (QED) is 0.874. The summed E-state index contributed by atoms with van der Waals surface area (Å²) in [6, 6.07) is 14.0. The molecule has 1 fully saturated rings. The zero-order valence-electron chi connectivity index (χ0n) is 16.1. The van der Waals surface area contributed by atoms with E-state index in [2.05, 4.69) is 23.5 Å². The summed E-state index contributed by atoms with van der Waals surface area (Å²) in [6.45, 7) is 2.90. The van der Waals surface area contributed by atoms with Gasteiger partial charge in [0.1, 0.15) is 0 Å². The summed E-state index contributed by atoms with van der Waals surface area (Å²) in [5, 5.41) is 5.37. The molecule has 2 aromatic rings. The molecule has 146 valence electrons. The lowest BCUT2D eigenvalue weighted by atomic mass is 10.00. The Morgan fingerprint density at radius 1 is 1.15 bits per heavy atom. The van der Waals surface area contributed by atoms with Crippen LogP contribution in [0.1, 0.15) is 31.4 Å². The van der Waals surface area contributed by atoms with Crippen LogP contribution in [0.2, 0.25) is 0 Å². The second-order valence-corrected chi connectivity index (χ2v) is 9.23. The molecule has 0 aromatic heterocycles. The molecule has 1 saturated heterocycles. The average Bonchev–Trinajstić information content (AvgIpc) is 2.66. The minimum Gasteiger partial charge on any atom is -0.331 e. The number of carbonyl (C=O) groups excluding carboxylic acids is 1. The summed E-state index contributed by atoms with van der Waals surface area (Å²) in [7, 11) is -1.37. The van der Waals surface area contributed by atoms with Crippen LogP contribution in [0, 0.1) is 0 Å². The molecular formula is C20H27N3O3S. The minimum absolute atomic E-state index is 0.0442. The average molecular weight is 390 g/mol. The molecule has 1 aliphatic rings. The zero-order chi connectivity index (χ0) is 19.6. The monoisotopic (exact) mass is 389 g/mol. The molecule has 0 bridgehead atoms. The van der Waals surface area contributed by atoms with Crippen molar-refractivity contribution in [3.05, 3.63) is 48.0 Å². The Morgan fingerprint density at radius 2 is 1.78 bits per heavy atom. The Bertz CT molecular complexity index is 916. The molecule has 0 radical (unpaired) electrons. The van der Waals surface area contributed by atoms with Crippen LogP contribution in [0.15, 0.2) is 42.5 Å². The summed E-state index contributed by atoms with van der Waals surface area (Å²) >= 11 is 0. The fraction of sp³-hybridized carbons (Fsp3) is 0.450. The van der Waals surface area contributed by atoms with Gasteiger partial charge in [-0.25, -0.2) is 17.5 Å². The smallest absolute Gasteiger partial charge is 0.317 e. The van der Waals surface area contributed by atoms with Gasteiger partial charge in [-0.1, -0.05) is 42.5 Å². The fourth-order valence-electron chi connectivity index (χ4n) is 3.72. The van der Waals surface area contributed by atoms with Gasteiger partial charge in [0.05, 0.1) is 12.3 Å². The Labute approximate surface area is 161 Å². The van der Waals surface area contributed by atoms with Crippen LogP contribution in [0.3, 0.4) is 0 Å². The van der Waals surface area contributed by atoms with E-state index in [0.29, 0.717) is 25.9 Å². The summed E-state index contributed by atoms with van der Waals surface area (Å²) in [5.74, 6) is 0. The minimum atomic E-state index is -3.16. The van der Waals surface area contributed by atoms with Crippen LogP contribution in [0.25, 0.3) is 10.8 Å². The van der Waals surface area contributed by atoms with Crippen LogP contribution in [-0.2, 0) is 10.0 Å². The molecule has 1 N–H and O–H groups in total. The normalized spacial score (nSPS) is 17.6. The molecule has 0 spiro atoms. The number of amides is 2. The highest BCUT2D eigenvalue weighted by Crippen LogP contribution is 2.24. The number of sulfonamides is 1. The van der Waals surface area contributed by atoms with E-state index >= 15 is 0 Å². The Hall–Kier alpha value is -2.12. The first-order valence-electron chi connectivity index (χ1n) is 9.23. The number of nitrogens with one attached hydrogen (secondary N) is 1. The first-order chi connectivity index (χ1) is 12.8. The first kappa shape index (κ1) is 19.6. The fourth-order valence-corrected chi connectivity index (χ4v) is 4.59. The molecule has 27 heavy (non-hydrogen) atoms. The maximum absolute atomic E-state index is 12.7. The van der Waals surface area contributed by atoms with Gasteiger partial charge in [-0.05, 0) is 36.1 Å². The molecular weight excluding hydrogens is 362 g/mol. The van der Waals surface area contributed by atoms with Crippen molar-refractivity contribution in [2.75, 3.05) is 26.4 Å². The van der Waals surface area contributed by atoms with Crippen molar-refractivity contribution in [1.82, 2.24) is 14.5 Å². The van der Waals surface area contributed by atoms with Crippen LogP contribution in [-0.4, -0.2) is 56.1 Å². The number of fused-ring (bicyclic) bond motifs is 1. The van der Waals surface area contributed by atoms with Crippen molar-refractivity contribution < 1.29 is 13.2 Å². The molecule has 1 unspecified atom stereocenters. The lowest BCUT2D eigenvalue weighted by Gasteiger charge is -2.36. The van der Waals surface area contributed by atoms with Crippen LogP contribution < -0.4 is 5.32 Å². The number of benzene rings is 2. The van der Waals surface area contributed by atoms with Gasteiger partial charge in [-0.15, -0.1) is 0 Å². The van der Waals surface area contributed by atoms with E-state index in [0.717, 1.165) is 16.3 Å². The molecule has 0 saturated carbocycles. The van der Waals surface area contributed by atoms with Gasteiger partial charge in [0.25, 0.3) is 0 Å². The first-order valence-corrected chi connectivity index (χ1v) is 11.1. The summed E-state index contributed by atoms with van der Waals surface area (Å²) in [5.41, 5.74) is 1.08. The van der Waals surface area contributed by atoms with Crippen molar-refractivity contribution in [3.8, 4) is 0 Å². The molecule has 1 aliphatic heterocycles. The van der Waals surface area contributed by atoms with Crippen molar-refractivity contribution in [2.24, 2.45) is 0 Å². The summed E-state index contributed by atoms with van der Waals surface area (Å²) in [6.07, 6.45) is 2.54. The van der Waals surface area contributed by atoms with Gasteiger partial charge in [0.2, 0.25) is 10.0 Å². The molecule has 1 heterocycles.